The molecule has 0 spiro atoms. The van der Waals surface area contributed by atoms with E-state index < -0.39 is 0 Å². The second-order valence-corrected chi connectivity index (χ2v) is 4.00. The highest BCUT2D eigenvalue weighted by Crippen LogP contribution is 2.32. The predicted octanol–water partition coefficient (Wildman–Crippen LogP) is 1.83. The van der Waals surface area contributed by atoms with Crippen molar-refractivity contribution in [2.45, 2.75) is 12.8 Å². The Balaban J connectivity index is 2.48. The van der Waals surface area contributed by atoms with Crippen molar-refractivity contribution in [1.29, 1.82) is 0 Å². The van der Waals surface area contributed by atoms with Crippen LogP contribution >= 0.6 is 0 Å². The van der Waals surface area contributed by atoms with Gasteiger partial charge in [0, 0.05) is 23.6 Å². The normalized spacial score (nSPS) is 15.1. The largest absolute Gasteiger partial charge is 0.872 e. The highest BCUT2D eigenvalue weighted by Gasteiger charge is 2.15. The van der Waals surface area contributed by atoms with Crippen LogP contribution in [0.25, 0.3) is 16.7 Å². The van der Waals surface area contributed by atoms with Gasteiger partial charge < -0.3 is 9.67 Å². The fourth-order valence-corrected chi connectivity index (χ4v) is 2.46. The highest BCUT2D eigenvalue weighted by molar-refractivity contribution is 5.93. The summed E-state index contributed by atoms with van der Waals surface area (Å²) in [5.41, 5.74) is 3.26. The summed E-state index contributed by atoms with van der Waals surface area (Å²) in [4.78, 5) is 0. The molecule has 15 heavy (non-hydrogen) atoms. The van der Waals surface area contributed by atoms with Crippen molar-refractivity contribution >= 4 is 16.7 Å². The van der Waals surface area contributed by atoms with Gasteiger partial charge in [-0.2, -0.15) is 0 Å². The average molecular weight is 198 g/mol. The Kier molecular flexibility index (Phi) is 1.66. The Morgan fingerprint density at radius 1 is 1.27 bits per heavy atom. The molecule has 0 atom stereocenters. The molecular weight excluding hydrogens is 186 g/mol. The number of rotatable bonds is 0. The lowest BCUT2D eigenvalue weighted by Crippen LogP contribution is -2.10. The fraction of sp³-hybridized carbons (Fsp3) is 0.231. The fourth-order valence-electron chi connectivity index (χ4n) is 2.46. The van der Waals surface area contributed by atoms with Gasteiger partial charge in [-0.05, 0) is 24.5 Å². The molecule has 0 saturated carbocycles. The Morgan fingerprint density at radius 2 is 2.07 bits per heavy atom. The molecule has 2 aromatic rings. The molecule has 1 aliphatic rings. The summed E-state index contributed by atoms with van der Waals surface area (Å²) in [6.07, 6.45) is 3.65. The van der Waals surface area contributed by atoms with Crippen LogP contribution < -0.4 is 5.11 Å². The van der Waals surface area contributed by atoms with Gasteiger partial charge in [0.05, 0.1) is 0 Å². The first kappa shape index (κ1) is 8.60. The molecule has 0 saturated heterocycles. The molecule has 0 radical (unpaired) electrons. The maximum absolute atomic E-state index is 11.8. The smallest absolute Gasteiger partial charge is 0.0485 e. The molecule has 0 amide bonds. The lowest BCUT2D eigenvalue weighted by molar-refractivity contribution is -0.244. The van der Waals surface area contributed by atoms with Crippen molar-refractivity contribution in [3.63, 3.8) is 0 Å². The monoisotopic (exact) mass is 198 g/mol. The number of para-hydroxylation sites is 1. The van der Waals surface area contributed by atoms with Crippen LogP contribution in [0.4, 0.5) is 0 Å². The number of hydrogen-bond donors (Lipinski definition) is 0. The van der Waals surface area contributed by atoms with Crippen molar-refractivity contribution in [2.24, 2.45) is 7.05 Å². The summed E-state index contributed by atoms with van der Waals surface area (Å²) in [6.45, 7) is 0. The zero-order valence-corrected chi connectivity index (χ0v) is 8.66. The minimum Gasteiger partial charge on any atom is -0.872 e. The molecule has 2 nitrogen and oxygen atoms in total. The molecular formula is C13H12NO-. The third-order valence-electron chi connectivity index (χ3n) is 3.19. The maximum Gasteiger partial charge on any atom is 0.0485 e. The van der Waals surface area contributed by atoms with E-state index in [2.05, 4.69) is 10.6 Å². The molecule has 0 N–H and O–H groups in total. The van der Waals surface area contributed by atoms with Crippen LogP contribution in [0, 0.1) is 0 Å². The molecule has 0 unspecified atom stereocenters. The van der Waals surface area contributed by atoms with Crippen LogP contribution in [0.3, 0.4) is 0 Å². The number of hydrogen-bond acceptors (Lipinski definition) is 1. The van der Waals surface area contributed by atoms with Crippen molar-refractivity contribution in [3.05, 3.63) is 41.6 Å². The first-order valence-electron chi connectivity index (χ1n) is 5.23. The van der Waals surface area contributed by atoms with Gasteiger partial charge in [0.2, 0.25) is 0 Å². The summed E-state index contributed by atoms with van der Waals surface area (Å²) < 4.78 is 2.15. The second-order valence-electron chi connectivity index (χ2n) is 4.00. The molecule has 2 heteroatoms. The standard InChI is InChI=1S/C13H13NO/c1-14-10-6-3-2-5-9(10)13-11(14)7-4-8-12(13)15/h2-3,5-6,8,15H,4,7H2,1H3/p-1. The average Bonchev–Trinajstić information content (AvgIpc) is 2.55. The van der Waals surface area contributed by atoms with E-state index in [4.69, 9.17) is 0 Å². The number of nitrogens with zero attached hydrogens (tertiary/aromatic N) is 1. The topological polar surface area (TPSA) is 28.0 Å². The van der Waals surface area contributed by atoms with Gasteiger partial charge in [-0.15, -0.1) is 5.76 Å². The van der Waals surface area contributed by atoms with Crippen LogP contribution in [0.1, 0.15) is 17.7 Å². The first-order chi connectivity index (χ1) is 7.29. The van der Waals surface area contributed by atoms with E-state index in [9.17, 15) is 5.11 Å². The minimum absolute atomic E-state index is 0.188. The van der Waals surface area contributed by atoms with Crippen LogP contribution in [0.2, 0.25) is 0 Å². The van der Waals surface area contributed by atoms with Crippen LogP contribution in [-0.2, 0) is 13.5 Å². The zero-order valence-electron chi connectivity index (χ0n) is 8.66. The highest BCUT2D eigenvalue weighted by atomic mass is 16.3. The van der Waals surface area contributed by atoms with Gasteiger partial charge in [0.15, 0.2) is 0 Å². The third kappa shape index (κ3) is 1.05. The van der Waals surface area contributed by atoms with Gasteiger partial charge in [-0.1, -0.05) is 24.3 Å². The Morgan fingerprint density at radius 3 is 2.93 bits per heavy atom. The number of benzene rings is 1. The molecule has 1 aliphatic carbocycles. The van der Waals surface area contributed by atoms with Gasteiger partial charge in [-0.3, -0.25) is 0 Å². The van der Waals surface area contributed by atoms with E-state index in [1.165, 1.54) is 5.69 Å². The minimum atomic E-state index is 0.188. The Hall–Kier alpha value is -1.70. The summed E-state index contributed by atoms with van der Waals surface area (Å²) >= 11 is 0. The van der Waals surface area contributed by atoms with Crippen molar-refractivity contribution < 1.29 is 5.11 Å². The van der Waals surface area contributed by atoms with Gasteiger partial charge >= 0.3 is 0 Å². The quantitative estimate of drug-likeness (QED) is 0.634. The summed E-state index contributed by atoms with van der Waals surface area (Å²) in [6, 6.07) is 8.11. The maximum atomic E-state index is 11.8. The van der Waals surface area contributed by atoms with Crippen molar-refractivity contribution in [1.82, 2.24) is 4.57 Å². The van der Waals surface area contributed by atoms with Crippen molar-refractivity contribution in [3.8, 4) is 0 Å². The lowest BCUT2D eigenvalue weighted by Gasteiger charge is -2.19. The van der Waals surface area contributed by atoms with E-state index in [0.29, 0.717) is 0 Å². The zero-order chi connectivity index (χ0) is 10.4. The lowest BCUT2D eigenvalue weighted by atomic mass is 10.0. The van der Waals surface area contributed by atoms with Gasteiger partial charge in [0.1, 0.15) is 0 Å². The van der Waals surface area contributed by atoms with E-state index in [-0.39, 0.29) is 5.76 Å². The Labute approximate surface area is 88.5 Å². The molecule has 0 fully saturated rings. The van der Waals surface area contributed by atoms with E-state index >= 15 is 0 Å². The predicted molar refractivity (Wildman–Crippen MR) is 59.2 cm³/mol. The molecule has 1 aromatic heterocycles. The molecule has 0 aliphatic heterocycles. The third-order valence-corrected chi connectivity index (χ3v) is 3.19. The number of aromatic nitrogens is 1. The second kappa shape index (κ2) is 2.89. The number of aryl methyl sites for hydroxylation is 1. The summed E-state index contributed by atoms with van der Waals surface area (Å²) in [7, 11) is 2.04. The van der Waals surface area contributed by atoms with Crippen LogP contribution in [0.15, 0.2) is 30.3 Å². The van der Waals surface area contributed by atoms with E-state index in [1.54, 1.807) is 6.08 Å². The summed E-state index contributed by atoms with van der Waals surface area (Å²) in [5, 5.41) is 12.9. The number of fused-ring (bicyclic) bond motifs is 3. The van der Waals surface area contributed by atoms with Gasteiger partial charge in [0.25, 0.3) is 0 Å². The van der Waals surface area contributed by atoms with E-state index in [0.717, 1.165) is 29.3 Å². The molecule has 0 bridgehead atoms. The molecule has 76 valence electrons. The molecule has 1 aromatic carbocycles. The van der Waals surface area contributed by atoms with Crippen LogP contribution in [-0.4, -0.2) is 4.57 Å². The van der Waals surface area contributed by atoms with Crippen molar-refractivity contribution in [2.75, 3.05) is 0 Å². The van der Waals surface area contributed by atoms with Gasteiger partial charge in [-0.25, -0.2) is 0 Å². The molecule has 1 heterocycles. The molecule has 3 rings (SSSR count). The van der Waals surface area contributed by atoms with Crippen LogP contribution in [0.5, 0.6) is 0 Å². The summed E-state index contributed by atoms with van der Waals surface area (Å²) in [5.74, 6) is 0.188. The SMILES string of the molecule is Cn1c2c(c3ccccc31)C([O-])=CCC2. The van der Waals surface area contributed by atoms with E-state index in [1.807, 2.05) is 25.2 Å². The first-order valence-corrected chi connectivity index (χ1v) is 5.23. The Bertz CT molecular complexity index is 563. The number of allylic oxidation sites excluding steroid dienone is 1.